The summed E-state index contributed by atoms with van der Waals surface area (Å²) in [4.78, 5) is 12.6. The van der Waals surface area contributed by atoms with E-state index in [9.17, 15) is 0 Å². The number of hydrogen-bond acceptors (Lipinski definition) is 2. The van der Waals surface area contributed by atoms with Crippen LogP contribution in [0.1, 0.15) is 5.56 Å². The third-order valence-corrected chi connectivity index (χ3v) is 3.79. The summed E-state index contributed by atoms with van der Waals surface area (Å²) < 4.78 is 0. The van der Waals surface area contributed by atoms with E-state index >= 15 is 0 Å². The van der Waals surface area contributed by atoms with E-state index < -0.39 is 0 Å². The Bertz CT molecular complexity index is 534. The largest absolute Gasteiger partial charge is 0.369 e. The third kappa shape index (κ3) is 4.61. The second-order valence-electron chi connectivity index (χ2n) is 5.03. The van der Waals surface area contributed by atoms with Gasteiger partial charge in [0, 0.05) is 31.2 Å². The van der Waals surface area contributed by atoms with Crippen molar-refractivity contribution in [1.29, 1.82) is 0 Å². The number of benzene rings is 1. The molecule has 7 heteroatoms. The number of piperazine rings is 1. The van der Waals surface area contributed by atoms with Gasteiger partial charge in [0.2, 0.25) is 5.96 Å². The number of rotatable bonds is 2. The highest BCUT2D eigenvalue weighted by molar-refractivity contribution is 6.31. The first-order valence-electron chi connectivity index (χ1n) is 6.87. The lowest BCUT2D eigenvalue weighted by molar-refractivity contribution is 0.214. The van der Waals surface area contributed by atoms with Crippen LogP contribution >= 0.6 is 11.6 Å². The summed E-state index contributed by atoms with van der Waals surface area (Å²) in [7, 11) is 2.09. The molecule has 6 nitrogen and oxygen atoms in total. The summed E-state index contributed by atoms with van der Waals surface area (Å²) in [6.45, 7) is 4.03. The molecule has 1 fully saturated rings. The lowest BCUT2D eigenvalue weighted by Gasteiger charge is -2.32. The molecule has 1 heterocycles. The number of guanidine groups is 2. The Balaban J connectivity index is 1.96. The van der Waals surface area contributed by atoms with E-state index in [2.05, 4.69) is 21.9 Å². The molecule has 21 heavy (non-hydrogen) atoms. The molecule has 1 aromatic rings. The summed E-state index contributed by atoms with van der Waals surface area (Å²) in [5.41, 5.74) is 12.7. The zero-order chi connectivity index (χ0) is 15.2. The normalized spacial score (nSPS) is 18.1. The summed E-state index contributed by atoms with van der Waals surface area (Å²) in [5.74, 6) is 0.592. The van der Waals surface area contributed by atoms with Crippen molar-refractivity contribution >= 4 is 23.5 Å². The van der Waals surface area contributed by atoms with Gasteiger partial charge in [-0.05, 0) is 18.7 Å². The molecule has 0 amide bonds. The summed E-state index contributed by atoms with van der Waals surface area (Å²) in [5, 5.41) is 0.671. The Kier molecular flexibility index (Phi) is 5.41. The average Bonchev–Trinajstić information content (AvgIpc) is 2.47. The average molecular weight is 309 g/mol. The first kappa shape index (κ1) is 15.6. The van der Waals surface area contributed by atoms with Gasteiger partial charge in [0.25, 0.3) is 0 Å². The zero-order valence-corrected chi connectivity index (χ0v) is 12.9. The molecular weight excluding hydrogens is 288 g/mol. The van der Waals surface area contributed by atoms with Gasteiger partial charge in [0.05, 0.1) is 6.54 Å². The molecule has 4 N–H and O–H groups in total. The molecule has 0 saturated carbocycles. The molecule has 0 aliphatic carbocycles. The molecule has 1 saturated heterocycles. The minimum Gasteiger partial charge on any atom is -0.369 e. The number of likely N-dealkylation sites (N-methyl/N-ethyl adjacent to an activating group) is 1. The van der Waals surface area contributed by atoms with Gasteiger partial charge in [-0.25, -0.2) is 4.99 Å². The highest BCUT2D eigenvalue weighted by Gasteiger charge is 2.15. The van der Waals surface area contributed by atoms with Gasteiger partial charge in [0.1, 0.15) is 0 Å². The number of nitrogens with zero attached hydrogens (tertiary/aromatic N) is 4. The number of nitrogens with two attached hydrogens (primary N) is 2. The van der Waals surface area contributed by atoms with Crippen molar-refractivity contribution in [2.24, 2.45) is 21.5 Å². The van der Waals surface area contributed by atoms with Crippen LogP contribution in [0.15, 0.2) is 34.3 Å². The van der Waals surface area contributed by atoms with Crippen LogP contribution in [0.5, 0.6) is 0 Å². The van der Waals surface area contributed by atoms with Crippen molar-refractivity contribution in [1.82, 2.24) is 9.80 Å². The standard InChI is InChI=1S/C14H21ClN6/c1-20-6-8-21(9-7-20)14(17)19-13(16)18-10-11-4-2-3-5-12(11)15/h2-5H,6-10H2,1H3,(H4,16,17,18,19). The smallest absolute Gasteiger partial charge is 0.218 e. The fourth-order valence-electron chi connectivity index (χ4n) is 2.05. The predicted octanol–water partition coefficient (Wildman–Crippen LogP) is 0.717. The molecule has 1 aromatic carbocycles. The predicted molar refractivity (Wildman–Crippen MR) is 87.5 cm³/mol. The van der Waals surface area contributed by atoms with Crippen LogP contribution in [-0.4, -0.2) is 54.9 Å². The van der Waals surface area contributed by atoms with Gasteiger partial charge in [0.15, 0.2) is 5.96 Å². The van der Waals surface area contributed by atoms with Gasteiger partial charge < -0.3 is 21.3 Å². The van der Waals surface area contributed by atoms with E-state index in [1.807, 2.05) is 29.2 Å². The van der Waals surface area contributed by atoms with Crippen molar-refractivity contribution in [2.75, 3.05) is 33.2 Å². The van der Waals surface area contributed by atoms with Crippen LogP contribution in [0.2, 0.25) is 5.02 Å². The Labute approximate surface area is 130 Å². The molecule has 1 aliphatic rings. The van der Waals surface area contributed by atoms with Crippen LogP contribution in [-0.2, 0) is 6.54 Å². The zero-order valence-electron chi connectivity index (χ0n) is 12.2. The third-order valence-electron chi connectivity index (χ3n) is 3.43. The highest BCUT2D eigenvalue weighted by atomic mass is 35.5. The fraction of sp³-hybridized carbons (Fsp3) is 0.429. The van der Waals surface area contributed by atoms with E-state index in [-0.39, 0.29) is 5.96 Å². The van der Waals surface area contributed by atoms with Crippen molar-refractivity contribution in [3.8, 4) is 0 Å². The number of halogens is 1. The Morgan fingerprint density at radius 3 is 2.52 bits per heavy atom. The van der Waals surface area contributed by atoms with Crippen LogP contribution in [0.4, 0.5) is 0 Å². The van der Waals surface area contributed by atoms with Crippen LogP contribution in [0.3, 0.4) is 0 Å². The second-order valence-corrected chi connectivity index (χ2v) is 5.43. The molecule has 0 bridgehead atoms. The molecule has 0 atom stereocenters. The van der Waals surface area contributed by atoms with Crippen molar-refractivity contribution in [2.45, 2.75) is 6.54 Å². The molecule has 114 valence electrons. The lowest BCUT2D eigenvalue weighted by atomic mass is 10.2. The fourth-order valence-corrected chi connectivity index (χ4v) is 2.25. The monoisotopic (exact) mass is 308 g/mol. The van der Waals surface area contributed by atoms with E-state index in [0.717, 1.165) is 31.7 Å². The highest BCUT2D eigenvalue weighted by Crippen LogP contribution is 2.15. The van der Waals surface area contributed by atoms with Crippen molar-refractivity contribution < 1.29 is 0 Å². The van der Waals surface area contributed by atoms with Gasteiger partial charge in [-0.2, -0.15) is 4.99 Å². The Morgan fingerprint density at radius 1 is 1.19 bits per heavy atom. The molecular formula is C14H21ClN6. The van der Waals surface area contributed by atoms with E-state index in [1.165, 1.54) is 0 Å². The Morgan fingerprint density at radius 2 is 1.86 bits per heavy atom. The maximum Gasteiger partial charge on any atom is 0.218 e. The summed E-state index contributed by atoms with van der Waals surface area (Å²) >= 11 is 6.07. The van der Waals surface area contributed by atoms with Crippen LogP contribution in [0.25, 0.3) is 0 Å². The quantitative estimate of drug-likeness (QED) is 0.623. The van der Waals surface area contributed by atoms with E-state index in [0.29, 0.717) is 17.5 Å². The minimum atomic E-state index is 0.173. The van der Waals surface area contributed by atoms with Crippen LogP contribution < -0.4 is 11.5 Å². The van der Waals surface area contributed by atoms with Crippen LogP contribution in [0, 0.1) is 0 Å². The van der Waals surface area contributed by atoms with Crippen molar-refractivity contribution in [3.05, 3.63) is 34.9 Å². The molecule has 2 rings (SSSR count). The van der Waals surface area contributed by atoms with E-state index in [4.69, 9.17) is 23.1 Å². The first-order valence-corrected chi connectivity index (χ1v) is 7.25. The summed E-state index contributed by atoms with van der Waals surface area (Å²) in [6, 6.07) is 7.52. The lowest BCUT2D eigenvalue weighted by Crippen LogP contribution is -2.50. The molecule has 0 aromatic heterocycles. The Hall–Kier alpha value is -1.79. The van der Waals surface area contributed by atoms with Gasteiger partial charge in [-0.15, -0.1) is 0 Å². The number of aliphatic imine (C=N–C) groups is 2. The molecule has 0 radical (unpaired) electrons. The van der Waals surface area contributed by atoms with E-state index in [1.54, 1.807) is 0 Å². The number of hydrogen-bond donors (Lipinski definition) is 2. The van der Waals surface area contributed by atoms with Gasteiger partial charge in [-0.3, -0.25) is 0 Å². The van der Waals surface area contributed by atoms with Crippen molar-refractivity contribution in [3.63, 3.8) is 0 Å². The van der Waals surface area contributed by atoms with Gasteiger partial charge >= 0.3 is 0 Å². The second kappa shape index (κ2) is 7.28. The topological polar surface area (TPSA) is 83.2 Å². The first-order chi connectivity index (χ1) is 10.1. The molecule has 1 aliphatic heterocycles. The summed E-state index contributed by atoms with van der Waals surface area (Å²) in [6.07, 6.45) is 0. The SMILES string of the molecule is CN1CCN(C(N)=NC(N)=NCc2ccccc2Cl)CC1. The molecule has 0 spiro atoms. The van der Waals surface area contributed by atoms with Gasteiger partial charge in [-0.1, -0.05) is 29.8 Å². The minimum absolute atomic E-state index is 0.173. The molecule has 0 unspecified atom stereocenters. The maximum absolute atomic E-state index is 6.07. The maximum atomic E-state index is 6.07.